The number of benzene rings is 1. The van der Waals surface area contributed by atoms with Crippen LogP contribution in [-0.4, -0.2) is 10.3 Å². The number of nitrogens with zero attached hydrogens (tertiary/aromatic N) is 1. The van der Waals surface area contributed by atoms with Gasteiger partial charge in [0.15, 0.2) is 0 Å². The predicted octanol–water partition coefficient (Wildman–Crippen LogP) is 3.42. The van der Waals surface area contributed by atoms with Gasteiger partial charge in [-0.2, -0.15) is 0 Å². The lowest BCUT2D eigenvalue weighted by Crippen LogP contribution is -2.01. The van der Waals surface area contributed by atoms with Crippen molar-refractivity contribution >= 4 is 28.9 Å². The molecule has 1 aromatic rings. The molecule has 76 valence electrons. The van der Waals surface area contributed by atoms with E-state index in [0.717, 1.165) is 0 Å². The van der Waals surface area contributed by atoms with E-state index in [9.17, 15) is 10.1 Å². The van der Waals surface area contributed by atoms with Gasteiger partial charge in [-0.3, -0.25) is 10.1 Å². The van der Waals surface area contributed by atoms with Crippen LogP contribution in [0.2, 0.25) is 5.02 Å². The van der Waals surface area contributed by atoms with Crippen molar-refractivity contribution in [2.24, 2.45) is 0 Å². The molecule has 0 bridgehead atoms. The van der Waals surface area contributed by atoms with E-state index in [1.54, 1.807) is 19.1 Å². The lowest BCUT2D eigenvalue weighted by Gasteiger charge is -2.04. The molecule has 0 N–H and O–H groups in total. The van der Waals surface area contributed by atoms with Gasteiger partial charge < -0.3 is 0 Å². The Morgan fingerprint density at radius 1 is 1.57 bits per heavy atom. The summed E-state index contributed by atoms with van der Waals surface area (Å²) in [7, 11) is 0. The topological polar surface area (TPSA) is 43.1 Å². The first-order valence-corrected chi connectivity index (χ1v) is 4.89. The summed E-state index contributed by atoms with van der Waals surface area (Å²) >= 11 is 11.4. The number of rotatable bonds is 3. The quantitative estimate of drug-likeness (QED) is 0.456. The number of halogens is 2. The molecule has 0 aliphatic rings. The van der Waals surface area contributed by atoms with E-state index in [0.29, 0.717) is 17.0 Å². The van der Waals surface area contributed by atoms with Crippen molar-refractivity contribution in [1.29, 1.82) is 0 Å². The highest BCUT2D eigenvalue weighted by molar-refractivity contribution is 6.30. The fraction of sp³-hybridized carbons (Fsp3) is 0.333. The van der Waals surface area contributed by atoms with Crippen LogP contribution in [0.5, 0.6) is 0 Å². The normalized spacial score (nSPS) is 12.5. The van der Waals surface area contributed by atoms with Crippen molar-refractivity contribution in [3.63, 3.8) is 0 Å². The highest BCUT2D eigenvalue weighted by atomic mass is 35.5. The zero-order valence-corrected chi connectivity index (χ0v) is 9.05. The molecule has 0 heterocycles. The van der Waals surface area contributed by atoms with Gasteiger partial charge in [-0.05, 0) is 19.4 Å². The van der Waals surface area contributed by atoms with Gasteiger partial charge in [0.25, 0.3) is 5.69 Å². The SMILES string of the molecule is CC(Cl)Cc1ccc(Cl)cc1[N+](=O)[O-]. The van der Waals surface area contributed by atoms with E-state index in [1.165, 1.54) is 6.07 Å². The van der Waals surface area contributed by atoms with Gasteiger partial charge in [0.05, 0.1) is 4.92 Å². The Kier molecular flexibility index (Phi) is 3.72. The third-order valence-electron chi connectivity index (χ3n) is 1.75. The van der Waals surface area contributed by atoms with E-state index in [4.69, 9.17) is 23.2 Å². The number of hydrogen-bond acceptors (Lipinski definition) is 2. The average Bonchev–Trinajstić information content (AvgIpc) is 2.07. The average molecular weight is 234 g/mol. The second-order valence-corrected chi connectivity index (χ2v) is 4.20. The first-order chi connectivity index (χ1) is 6.50. The van der Waals surface area contributed by atoms with Crippen molar-refractivity contribution in [2.75, 3.05) is 0 Å². The van der Waals surface area contributed by atoms with Crippen molar-refractivity contribution < 1.29 is 4.92 Å². The van der Waals surface area contributed by atoms with Gasteiger partial charge in [0.1, 0.15) is 0 Å². The molecule has 0 aromatic heterocycles. The number of alkyl halides is 1. The molecule has 0 aliphatic heterocycles. The van der Waals surface area contributed by atoms with Gasteiger partial charge >= 0.3 is 0 Å². The van der Waals surface area contributed by atoms with Crippen LogP contribution in [0, 0.1) is 10.1 Å². The van der Waals surface area contributed by atoms with E-state index >= 15 is 0 Å². The molecule has 1 atom stereocenters. The molecule has 0 radical (unpaired) electrons. The van der Waals surface area contributed by atoms with Gasteiger partial charge in [-0.15, -0.1) is 11.6 Å². The first-order valence-electron chi connectivity index (χ1n) is 4.07. The van der Waals surface area contributed by atoms with Crippen molar-refractivity contribution in [1.82, 2.24) is 0 Å². The van der Waals surface area contributed by atoms with Crippen LogP contribution in [-0.2, 0) is 6.42 Å². The minimum atomic E-state index is -0.444. The highest BCUT2D eigenvalue weighted by Crippen LogP contribution is 2.25. The smallest absolute Gasteiger partial charge is 0.258 e. The summed E-state index contributed by atoms with van der Waals surface area (Å²) in [5, 5.41) is 10.9. The summed E-state index contributed by atoms with van der Waals surface area (Å²) in [5.74, 6) is 0. The fourth-order valence-corrected chi connectivity index (χ4v) is 1.52. The minimum Gasteiger partial charge on any atom is -0.258 e. The number of nitro benzene ring substituents is 1. The monoisotopic (exact) mass is 233 g/mol. The Labute approximate surface area is 91.8 Å². The van der Waals surface area contributed by atoms with Crippen LogP contribution >= 0.6 is 23.2 Å². The van der Waals surface area contributed by atoms with E-state index in [1.807, 2.05) is 0 Å². The Hall–Kier alpha value is -0.800. The van der Waals surface area contributed by atoms with Crippen LogP contribution < -0.4 is 0 Å². The second kappa shape index (κ2) is 4.62. The molecule has 0 saturated carbocycles. The lowest BCUT2D eigenvalue weighted by atomic mass is 10.1. The maximum Gasteiger partial charge on any atom is 0.274 e. The Balaban J connectivity index is 3.08. The highest BCUT2D eigenvalue weighted by Gasteiger charge is 2.15. The maximum atomic E-state index is 10.7. The van der Waals surface area contributed by atoms with Crippen LogP contribution in [0.4, 0.5) is 5.69 Å². The standard InChI is InChI=1S/C9H9Cl2NO2/c1-6(10)4-7-2-3-8(11)5-9(7)12(13)14/h2-3,5-6H,4H2,1H3. The largest absolute Gasteiger partial charge is 0.274 e. The molecule has 0 fully saturated rings. The van der Waals surface area contributed by atoms with E-state index in [-0.39, 0.29) is 11.1 Å². The van der Waals surface area contributed by atoms with E-state index in [2.05, 4.69) is 0 Å². The first kappa shape index (κ1) is 11.3. The molecule has 0 aliphatic carbocycles. The molecular formula is C9H9Cl2NO2. The molecule has 0 spiro atoms. The van der Waals surface area contributed by atoms with Crippen LogP contribution in [0.1, 0.15) is 12.5 Å². The Bertz CT molecular complexity index is 353. The zero-order chi connectivity index (χ0) is 10.7. The van der Waals surface area contributed by atoms with Gasteiger partial charge in [-0.25, -0.2) is 0 Å². The predicted molar refractivity (Wildman–Crippen MR) is 57.1 cm³/mol. The van der Waals surface area contributed by atoms with Crippen LogP contribution in [0.3, 0.4) is 0 Å². The molecule has 1 unspecified atom stereocenters. The molecular weight excluding hydrogens is 225 g/mol. The maximum absolute atomic E-state index is 10.7. The van der Waals surface area contributed by atoms with Crippen LogP contribution in [0.15, 0.2) is 18.2 Å². The molecule has 1 rings (SSSR count). The summed E-state index contributed by atoms with van der Waals surface area (Å²) in [6.45, 7) is 1.79. The Morgan fingerprint density at radius 3 is 2.71 bits per heavy atom. The molecule has 14 heavy (non-hydrogen) atoms. The van der Waals surface area contributed by atoms with Gasteiger partial charge in [-0.1, -0.05) is 17.7 Å². The molecule has 3 nitrogen and oxygen atoms in total. The van der Waals surface area contributed by atoms with E-state index < -0.39 is 4.92 Å². The molecule has 5 heteroatoms. The van der Waals surface area contributed by atoms with Crippen molar-refractivity contribution in [2.45, 2.75) is 18.7 Å². The number of nitro groups is 1. The van der Waals surface area contributed by atoms with Crippen molar-refractivity contribution in [3.05, 3.63) is 38.9 Å². The summed E-state index contributed by atoms with van der Waals surface area (Å²) in [4.78, 5) is 10.2. The summed E-state index contributed by atoms with van der Waals surface area (Å²) in [6, 6.07) is 4.61. The van der Waals surface area contributed by atoms with Crippen LogP contribution in [0.25, 0.3) is 0 Å². The summed E-state index contributed by atoms with van der Waals surface area (Å²) in [5.41, 5.74) is 0.645. The summed E-state index contributed by atoms with van der Waals surface area (Å²) < 4.78 is 0. The van der Waals surface area contributed by atoms with Gasteiger partial charge in [0, 0.05) is 22.0 Å². The van der Waals surface area contributed by atoms with Crippen molar-refractivity contribution in [3.8, 4) is 0 Å². The minimum absolute atomic E-state index is 0.0324. The third kappa shape index (κ3) is 2.86. The summed E-state index contributed by atoms with van der Waals surface area (Å²) in [6.07, 6.45) is 0.467. The number of hydrogen-bond donors (Lipinski definition) is 0. The van der Waals surface area contributed by atoms with Gasteiger partial charge in [0.2, 0.25) is 0 Å². The molecule has 0 amide bonds. The third-order valence-corrected chi connectivity index (χ3v) is 2.13. The molecule has 1 aromatic carbocycles. The zero-order valence-electron chi connectivity index (χ0n) is 7.54. The molecule has 0 saturated heterocycles. The second-order valence-electron chi connectivity index (χ2n) is 3.02. The lowest BCUT2D eigenvalue weighted by molar-refractivity contribution is -0.385. The fourth-order valence-electron chi connectivity index (χ4n) is 1.18. The Morgan fingerprint density at radius 2 is 2.21 bits per heavy atom.